The number of nitrogens with zero attached hydrogens (tertiary/aromatic N) is 3. The number of fused-ring (bicyclic) bond motifs is 2. The molecular formula is C20H14N3. The molecule has 0 saturated carbocycles. The Hall–Kier alpha value is -3.20. The van der Waals surface area contributed by atoms with Crippen LogP contribution in [0.5, 0.6) is 0 Å². The molecule has 0 atom stereocenters. The minimum atomic E-state index is 0.826. The molecule has 0 N–H and O–H groups in total. The van der Waals surface area contributed by atoms with Crippen LogP contribution in [0.2, 0.25) is 0 Å². The summed E-state index contributed by atoms with van der Waals surface area (Å²) in [6, 6.07) is 28.2. The largest absolute Gasteiger partial charge is 0.130 e. The lowest BCUT2D eigenvalue weighted by atomic mass is 10.1. The summed E-state index contributed by atoms with van der Waals surface area (Å²) in [4.78, 5) is 0. The maximum Gasteiger partial charge on any atom is 0.0953 e. The van der Waals surface area contributed by atoms with E-state index in [4.69, 9.17) is 0 Å². The second-order valence-electron chi connectivity index (χ2n) is 5.29. The molecule has 23 heavy (non-hydrogen) atoms. The normalized spacial score (nSPS) is 11.3. The molecule has 0 aliphatic carbocycles. The standard InChI is InChI=1S/C20H14N3/c1-3-11-17-15(7-1)9-5-13-19(17)21-23-22-20-14-6-10-16-8-2-4-12-18(16)20/h1-14H/b23-21+. The lowest BCUT2D eigenvalue weighted by Crippen LogP contribution is -1.86. The van der Waals surface area contributed by atoms with Gasteiger partial charge in [-0.3, -0.25) is 0 Å². The van der Waals surface area contributed by atoms with Crippen LogP contribution in [0.25, 0.3) is 21.5 Å². The first kappa shape index (κ1) is 13.5. The molecule has 0 fully saturated rings. The van der Waals surface area contributed by atoms with Crippen LogP contribution in [-0.2, 0) is 0 Å². The summed E-state index contributed by atoms with van der Waals surface area (Å²) >= 11 is 0. The fourth-order valence-corrected chi connectivity index (χ4v) is 2.71. The third kappa shape index (κ3) is 2.64. The Bertz CT molecular complexity index is 995. The van der Waals surface area contributed by atoms with E-state index < -0.39 is 0 Å². The summed E-state index contributed by atoms with van der Waals surface area (Å²) in [5.41, 5.74) is 5.95. The van der Waals surface area contributed by atoms with E-state index in [0.717, 1.165) is 32.9 Å². The van der Waals surface area contributed by atoms with Gasteiger partial charge in [-0.2, -0.15) is 0 Å². The molecule has 4 rings (SSSR count). The van der Waals surface area contributed by atoms with Crippen LogP contribution in [0.15, 0.2) is 95.3 Å². The van der Waals surface area contributed by atoms with E-state index in [1.54, 1.807) is 0 Å². The third-order valence-electron chi connectivity index (χ3n) is 3.84. The van der Waals surface area contributed by atoms with E-state index in [0.29, 0.717) is 0 Å². The van der Waals surface area contributed by atoms with Crippen molar-refractivity contribution in [2.75, 3.05) is 0 Å². The molecule has 4 aromatic rings. The predicted molar refractivity (Wildman–Crippen MR) is 94.2 cm³/mol. The topological polar surface area (TPSA) is 38.8 Å². The zero-order valence-corrected chi connectivity index (χ0v) is 12.4. The van der Waals surface area contributed by atoms with Gasteiger partial charge in [-0.05, 0) is 28.1 Å². The molecule has 0 saturated heterocycles. The molecule has 0 unspecified atom stereocenters. The van der Waals surface area contributed by atoms with E-state index in [1.807, 2.05) is 60.7 Å². The van der Waals surface area contributed by atoms with E-state index in [9.17, 15) is 0 Å². The molecule has 3 heteroatoms. The molecule has 3 nitrogen and oxygen atoms in total. The molecule has 0 bridgehead atoms. The van der Waals surface area contributed by atoms with Crippen LogP contribution in [0.4, 0.5) is 11.4 Å². The molecule has 1 radical (unpaired) electrons. The number of benzene rings is 4. The highest BCUT2D eigenvalue weighted by molar-refractivity contribution is 5.93. The van der Waals surface area contributed by atoms with Crippen molar-refractivity contribution in [2.45, 2.75) is 0 Å². The molecule has 0 heterocycles. The molecule has 0 aliphatic heterocycles. The zero-order valence-electron chi connectivity index (χ0n) is 12.4. The summed E-state index contributed by atoms with van der Waals surface area (Å²) in [5, 5.41) is 12.8. The fraction of sp³-hybridized carbons (Fsp3) is 0. The fourth-order valence-electron chi connectivity index (χ4n) is 2.71. The van der Waals surface area contributed by atoms with Gasteiger partial charge >= 0.3 is 0 Å². The first-order valence-electron chi connectivity index (χ1n) is 7.49. The van der Waals surface area contributed by atoms with Crippen molar-refractivity contribution in [3.05, 3.63) is 84.9 Å². The highest BCUT2D eigenvalue weighted by atomic mass is 15.4. The summed E-state index contributed by atoms with van der Waals surface area (Å²) in [6.45, 7) is 0. The smallest absolute Gasteiger partial charge is 0.0953 e. The molecule has 0 aliphatic rings. The molecule has 109 valence electrons. The highest BCUT2D eigenvalue weighted by Gasteiger charge is 2.01. The van der Waals surface area contributed by atoms with Crippen molar-refractivity contribution in [2.24, 2.45) is 10.3 Å². The molecular weight excluding hydrogens is 282 g/mol. The van der Waals surface area contributed by atoms with Gasteiger partial charge in [-0.15, -0.1) is 10.5 Å². The van der Waals surface area contributed by atoms with Crippen LogP contribution in [0.1, 0.15) is 0 Å². The van der Waals surface area contributed by atoms with Gasteiger partial charge in [0, 0.05) is 10.8 Å². The van der Waals surface area contributed by atoms with Crippen LogP contribution in [-0.4, -0.2) is 0 Å². The van der Waals surface area contributed by atoms with Crippen molar-refractivity contribution >= 4 is 32.9 Å². The van der Waals surface area contributed by atoms with Gasteiger partial charge in [-0.1, -0.05) is 72.8 Å². The third-order valence-corrected chi connectivity index (χ3v) is 3.84. The quantitative estimate of drug-likeness (QED) is 0.332. The van der Waals surface area contributed by atoms with E-state index in [-0.39, 0.29) is 0 Å². The SMILES string of the molecule is c1ccc2c([N]/N=N/c3cccc4ccccc34)cccc2c1. The van der Waals surface area contributed by atoms with Gasteiger partial charge in [0.05, 0.1) is 11.4 Å². The summed E-state index contributed by atoms with van der Waals surface area (Å²) in [6.07, 6.45) is 0. The highest BCUT2D eigenvalue weighted by Crippen LogP contribution is 2.27. The van der Waals surface area contributed by atoms with Crippen LogP contribution in [0, 0.1) is 0 Å². The monoisotopic (exact) mass is 296 g/mol. The van der Waals surface area contributed by atoms with Crippen LogP contribution in [0.3, 0.4) is 0 Å². The molecule has 0 aromatic heterocycles. The number of hydrogen-bond donors (Lipinski definition) is 0. The molecule has 4 aromatic carbocycles. The number of hydrogen-bond acceptors (Lipinski definition) is 2. The second-order valence-corrected chi connectivity index (χ2v) is 5.29. The second kappa shape index (κ2) is 5.89. The maximum atomic E-state index is 4.29. The Kier molecular flexibility index (Phi) is 3.45. The van der Waals surface area contributed by atoms with Crippen LogP contribution < -0.4 is 5.43 Å². The lowest BCUT2D eigenvalue weighted by Gasteiger charge is -2.02. The minimum Gasteiger partial charge on any atom is -0.130 e. The van der Waals surface area contributed by atoms with E-state index in [2.05, 4.69) is 40.0 Å². The van der Waals surface area contributed by atoms with Gasteiger partial charge in [0.2, 0.25) is 0 Å². The van der Waals surface area contributed by atoms with E-state index in [1.165, 1.54) is 0 Å². The minimum absolute atomic E-state index is 0.826. The summed E-state index contributed by atoms with van der Waals surface area (Å²) in [5.74, 6) is 0. The Morgan fingerprint density at radius 3 is 1.70 bits per heavy atom. The average molecular weight is 296 g/mol. The first-order valence-corrected chi connectivity index (χ1v) is 7.49. The van der Waals surface area contributed by atoms with Gasteiger partial charge in [0.15, 0.2) is 0 Å². The summed E-state index contributed by atoms with van der Waals surface area (Å²) in [7, 11) is 0. The van der Waals surface area contributed by atoms with E-state index >= 15 is 0 Å². The van der Waals surface area contributed by atoms with Gasteiger partial charge in [0.25, 0.3) is 0 Å². The zero-order chi connectivity index (χ0) is 15.5. The predicted octanol–water partition coefficient (Wildman–Crippen LogP) is 5.93. The molecule has 0 spiro atoms. The lowest BCUT2D eigenvalue weighted by molar-refractivity contribution is 0.874. The van der Waals surface area contributed by atoms with Gasteiger partial charge < -0.3 is 0 Å². The molecule has 0 amide bonds. The van der Waals surface area contributed by atoms with Crippen molar-refractivity contribution in [3.63, 3.8) is 0 Å². The Morgan fingerprint density at radius 2 is 1.00 bits per heavy atom. The van der Waals surface area contributed by atoms with Gasteiger partial charge in [-0.25, -0.2) is 0 Å². The van der Waals surface area contributed by atoms with Crippen molar-refractivity contribution in [3.8, 4) is 0 Å². The average Bonchev–Trinajstić information content (AvgIpc) is 2.62. The Labute approximate surface area is 134 Å². The van der Waals surface area contributed by atoms with Crippen molar-refractivity contribution in [1.82, 2.24) is 5.43 Å². The summed E-state index contributed by atoms with van der Waals surface area (Å²) < 4.78 is 0. The van der Waals surface area contributed by atoms with Crippen LogP contribution >= 0.6 is 0 Å². The van der Waals surface area contributed by atoms with Crippen molar-refractivity contribution < 1.29 is 0 Å². The van der Waals surface area contributed by atoms with Gasteiger partial charge in [0.1, 0.15) is 0 Å². The maximum absolute atomic E-state index is 4.29. The number of rotatable bonds is 3. The first-order chi connectivity index (χ1) is 11.4. The Morgan fingerprint density at radius 1 is 0.478 bits per heavy atom. The Balaban J connectivity index is 1.66. The van der Waals surface area contributed by atoms with Crippen molar-refractivity contribution in [1.29, 1.82) is 0 Å².